The number of anilines is 2. The van der Waals surface area contributed by atoms with Gasteiger partial charge < -0.3 is 5.32 Å². The first-order chi connectivity index (χ1) is 9.41. The van der Waals surface area contributed by atoms with E-state index in [9.17, 15) is 13.2 Å². The summed E-state index contributed by atoms with van der Waals surface area (Å²) in [6.45, 7) is 0. The van der Waals surface area contributed by atoms with E-state index in [1.807, 2.05) is 0 Å². The highest BCUT2D eigenvalue weighted by Gasteiger charge is 2.33. The minimum atomic E-state index is -4.57. The number of rotatable bonds is 2. The maximum Gasteiger partial charge on any atom is 0.417 e. The lowest BCUT2D eigenvalue weighted by Crippen LogP contribution is -2.08. The summed E-state index contributed by atoms with van der Waals surface area (Å²) >= 11 is 3.24. The zero-order chi connectivity index (χ0) is 14.8. The zero-order valence-electron chi connectivity index (χ0n) is 9.87. The van der Waals surface area contributed by atoms with Crippen molar-refractivity contribution in [1.29, 1.82) is 5.26 Å². The van der Waals surface area contributed by atoms with E-state index in [1.54, 1.807) is 6.07 Å². The van der Waals surface area contributed by atoms with Crippen molar-refractivity contribution in [3.63, 3.8) is 0 Å². The minimum absolute atomic E-state index is 0.239. The molecule has 3 nitrogen and oxygen atoms in total. The van der Waals surface area contributed by atoms with Crippen LogP contribution in [-0.4, -0.2) is 4.98 Å². The zero-order valence-corrected chi connectivity index (χ0v) is 11.5. The average Bonchev–Trinajstić information content (AvgIpc) is 2.40. The standard InChI is InChI=1S/C13H7BrF3N3/c14-11-7-19-4-3-12(11)20-9-2-1-8(6-18)10(5-9)13(15,16)17/h1-5,7H,(H,19,20). The molecule has 2 rings (SSSR count). The van der Waals surface area contributed by atoms with Crippen LogP contribution in [-0.2, 0) is 6.18 Å². The van der Waals surface area contributed by atoms with Gasteiger partial charge in [0.2, 0.25) is 0 Å². The molecule has 0 aliphatic carbocycles. The van der Waals surface area contributed by atoms with Gasteiger partial charge in [0.25, 0.3) is 0 Å². The Labute approximate surface area is 121 Å². The molecule has 0 saturated heterocycles. The van der Waals surface area contributed by atoms with Crippen LogP contribution < -0.4 is 5.32 Å². The maximum absolute atomic E-state index is 12.8. The number of aromatic nitrogens is 1. The molecule has 0 saturated carbocycles. The van der Waals surface area contributed by atoms with E-state index in [0.29, 0.717) is 10.2 Å². The first-order valence-electron chi connectivity index (χ1n) is 5.39. The van der Waals surface area contributed by atoms with E-state index in [0.717, 1.165) is 12.1 Å². The van der Waals surface area contributed by atoms with Gasteiger partial charge >= 0.3 is 6.18 Å². The van der Waals surface area contributed by atoms with Crippen LogP contribution in [0.25, 0.3) is 0 Å². The Bertz CT molecular complexity index is 677. The van der Waals surface area contributed by atoms with Crippen molar-refractivity contribution >= 4 is 27.3 Å². The molecule has 0 aliphatic rings. The molecule has 1 aromatic heterocycles. The molecule has 20 heavy (non-hydrogen) atoms. The maximum atomic E-state index is 12.8. The van der Waals surface area contributed by atoms with Crippen molar-refractivity contribution in [2.75, 3.05) is 5.32 Å². The predicted molar refractivity (Wildman–Crippen MR) is 71.4 cm³/mol. The topological polar surface area (TPSA) is 48.7 Å². The number of hydrogen-bond acceptors (Lipinski definition) is 3. The SMILES string of the molecule is N#Cc1ccc(Nc2ccncc2Br)cc1C(F)(F)F. The summed E-state index contributed by atoms with van der Waals surface area (Å²) in [6.07, 6.45) is -1.53. The second-order valence-electron chi connectivity index (χ2n) is 3.85. The Kier molecular flexibility index (Phi) is 3.95. The first kappa shape index (κ1) is 14.3. The Morgan fingerprint density at radius 2 is 2.00 bits per heavy atom. The molecule has 0 radical (unpaired) electrons. The number of halogens is 4. The second kappa shape index (κ2) is 5.51. The lowest BCUT2D eigenvalue weighted by atomic mass is 10.1. The summed E-state index contributed by atoms with van der Waals surface area (Å²) in [4.78, 5) is 3.86. The monoisotopic (exact) mass is 341 g/mol. The molecular weight excluding hydrogens is 335 g/mol. The summed E-state index contributed by atoms with van der Waals surface area (Å²) < 4.78 is 39.1. The van der Waals surface area contributed by atoms with Crippen LogP contribution in [0.2, 0.25) is 0 Å². The third-order valence-electron chi connectivity index (χ3n) is 2.50. The van der Waals surface area contributed by atoms with Gasteiger partial charge in [-0.2, -0.15) is 18.4 Å². The van der Waals surface area contributed by atoms with Gasteiger partial charge in [-0.1, -0.05) is 0 Å². The molecule has 0 aliphatic heterocycles. The van der Waals surface area contributed by atoms with E-state index < -0.39 is 17.3 Å². The van der Waals surface area contributed by atoms with Gasteiger partial charge in [-0.15, -0.1) is 0 Å². The summed E-state index contributed by atoms with van der Waals surface area (Å²) in [5, 5.41) is 11.6. The van der Waals surface area contributed by atoms with Crippen molar-refractivity contribution in [1.82, 2.24) is 4.98 Å². The van der Waals surface area contributed by atoms with Crippen LogP contribution >= 0.6 is 15.9 Å². The van der Waals surface area contributed by atoms with Gasteiger partial charge in [0.1, 0.15) is 0 Å². The number of hydrogen-bond donors (Lipinski definition) is 1. The third kappa shape index (κ3) is 3.08. The van der Waals surface area contributed by atoms with Crippen LogP contribution in [0.15, 0.2) is 41.1 Å². The molecule has 0 atom stereocenters. The highest BCUT2D eigenvalue weighted by Crippen LogP contribution is 2.34. The number of nitrogens with one attached hydrogen (secondary N) is 1. The molecular formula is C13H7BrF3N3. The van der Waals surface area contributed by atoms with Gasteiger partial charge in [-0.3, -0.25) is 4.98 Å². The normalized spacial score (nSPS) is 10.9. The second-order valence-corrected chi connectivity index (χ2v) is 4.70. The van der Waals surface area contributed by atoms with Gasteiger partial charge in [0, 0.05) is 18.1 Å². The third-order valence-corrected chi connectivity index (χ3v) is 3.13. The van der Waals surface area contributed by atoms with Crippen LogP contribution in [0.4, 0.5) is 24.5 Å². The summed E-state index contributed by atoms with van der Waals surface area (Å²) in [6, 6.07) is 6.62. The molecule has 1 N–H and O–H groups in total. The Balaban J connectivity index is 2.40. The lowest BCUT2D eigenvalue weighted by Gasteiger charge is -2.13. The van der Waals surface area contributed by atoms with Gasteiger partial charge in [-0.05, 0) is 40.2 Å². The minimum Gasteiger partial charge on any atom is -0.354 e. The number of alkyl halides is 3. The van der Waals surface area contributed by atoms with Gasteiger partial charge in [0.05, 0.1) is 27.4 Å². The average molecular weight is 342 g/mol. The smallest absolute Gasteiger partial charge is 0.354 e. The Hall–Kier alpha value is -2.07. The van der Waals surface area contributed by atoms with Crippen molar-refractivity contribution in [2.45, 2.75) is 6.18 Å². The lowest BCUT2D eigenvalue weighted by molar-refractivity contribution is -0.137. The number of pyridine rings is 1. The molecule has 1 heterocycles. The molecule has 2 aromatic rings. The van der Waals surface area contributed by atoms with Crippen LogP contribution in [0.5, 0.6) is 0 Å². The summed E-state index contributed by atoms with van der Waals surface area (Å²) in [7, 11) is 0. The summed E-state index contributed by atoms with van der Waals surface area (Å²) in [5.74, 6) is 0. The number of nitriles is 1. The van der Waals surface area contributed by atoms with Crippen LogP contribution in [0, 0.1) is 11.3 Å². The first-order valence-corrected chi connectivity index (χ1v) is 6.19. The molecule has 0 unspecified atom stereocenters. The molecule has 0 bridgehead atoms. The van der Waals surface area contributed by atoms with Crippen LogP contribution in [0.1, 0.15) is 11.1 Å². The van der Waals surface area contributed by atoms with E-state index >= 15 is 0 Å². The van der Waals surface area contributed by atoms with E-state index in [2.05, 4.69) is 26.2 Å². The number of benzene rings is 1. The fourth-order valence-corrected chi connectivity index (χ4v) is 1.94. The van der Waals surface area contributed by atoms with Gasteiger partial charge in [0.15, 0.2) is 0 Å². The quantitative estimate of drug-likeness (QED) is 0.876. The molecule has 7 heteroatoms. The molecule has 0 spiro atoms. The molecule has 102 valence electrons. The highest BCUT2D eigenvalue weighted by molar-refractivity contribution is 9.10. The fraction of sp³-hybridized carbons (Fsp3) is 0.0769. The Morgan fingerprint density at radius 3 is 2.60 bits per heavy atom. The molecule has 0 fully saturated rings. The van der Waals surface area contributed by atoms with Crippen LogP contribution in [0.3, 0.4) is 0 Å². The van der Waals surface area contributed by atoms with Crippen molar-refractivity contribution in [2.24, 2.45) is 0 Å². The largest absolute Gasteiger partial charge is 0.417 e. The predicted octanol–water partition coefficient (Wildman–Crippen LogP) is 4.48. The fourth-order valence-electron chi connectivity index (χ4n) is 1.59. The van der Waals surface area contributed by atoms with Crippen molar-refractivity contribution in [3.8, 4) is 6.07 Å². The van der Waals surface area contributed by atoms with E-state index in [-0.39, 0.29) is 5.69 Å². The summed E-state index contributed by atoms with van der Waals surface area (Å²) in [5.41, 5.74) is -0.548. The van der Waals surface area contributed by atoms with E-state index in [4.69, 9.17) is 5.26 Å². The molecule has 1 aromatic carbocycles. The molecule has 0 amide bonds. The highest BCUT2D eigenvalue weighted by atomic mass is 79.9. The Morgan fingerprint density at radius 1 is 1.25 bits per heavy atom. The van der Waals surface area contributed by atoms with Crippen molar-refractivity contribution in [3.05, 3.63) is 52.3 Å². The van der Waals surface area contributed by atoms with E-state index in [1.165, 1.54) is 24.5 Å². The van der Waals surface area contributed by atoms with Gasteiger partial charge in [-0.25, -0.2) is 0 Å². The van der Waals surface area contributed by atoms with Crippen molar-refractivity contribution < 1.29 is 13.2 Å². The number of nitrogens with zero attached hydrogens (tertiary/aromatic N) is 2.